The SMILES string of the molecule is Cc1ccc(Cl)cc1-n1c(=S)[nH]c2cccnc21. The molecule has 0 unspecified atom stereocenters. The predicted molar refractivity (Wildman–Crippen MR) is 76.0 cm³/mol. The number of hydrogen-bond donors (Lipinski definition) is 1. The maximum atomic E-state index is 6.06. The van der Waals surface area contributed by atoms with Crippen molar-refractivity contribution >= 4 is 35.0 Å². The Morgan fingerprint density at radius 3 is 3.00 bits per heavy atom. The van der Waals surface area contributed by atoms with E-state index in [2.05, 4.69) is 9.97 Å². The van der Waals surface area contributed by atoms with Gasteiger partial charge in [0.2, 0.25) is 0 Å². The highest BCUT2D eigenvalue weighted by Crippen LogP contribution is 2.23. The second-order valence-electron chi connectivity index (χ2n) is 4.07. The van der Waals surface area contributed by atoms with E-state index in [0.717, 1.165) is 22.4 Å². The molecule has 3 nitrogen and oxygen atoms in total. The van der Waals surface area contributed by atoms with Crippen LogP contribution in [0.5, 0.6) is 0 Å². The van der Waals surface area contributed by atoms with E-state index in [1.165, 1.54) is 0 Å². The number of nitrogens with zero attached hydrogens (tertiary/aromatic N) is 2. The number of aromatic nitrogens is 3. The summed E-state index contributed by atoms with van der Waals surface area (Å²) in [4.78, 5) is 7.52. The van der Waals surface area contributed by atoms with Gasteiger partial charge in [-0.3, -0.25) is 4.57 Å². The van der Waals surface area contributed by atoms with Crippen LogP contribution in [-0.2, 0) is 0 Å². The van der Waals surface area contributed by atoms with E-state index in [1.54, 1.807) is 6.20 Å². The number of nitrogens with one attached hydrogen (secondary N) is 1. The van der Waals surface area contributed by atoms with E-state index < -0.39 is 0 Å². The molecule has 2 heterocycles. The fourth-order valence-corrected chi connectivity index (χ4v) is 2.45. The molecular weight excluding hydrogens is 266 g/mol. The van der Waals surface area contributed by atoms with E-state index in [-0.39, 0.29) is 0 Å². The molecule has 0 bridgehead atoms. The first kappa shape index (κ1) is 11.4. The van der Waals surface area contributed by atoms with Gasteiger partial charge in [-0.2, -0.15) is 0 Å². The third-order valence-corrected chi connectivity index (χ3v) is 3.37. The average Bonchev–Trinajstić information content (AvgIpc) is 2.68. The van der Waals surface area contributed by atoms with Gasteiger partial charge in [0.25, 0.3) is 0 Å². The van der Waals surface area contributed by atoms with Crippen molar-refractivity contribution in [3.05, 3.63) is 51.9 Å². The first-order chi connectivity index (χ1) is 8.66. The highest BCUT2D eigenvalue weighted by atomic mass is 35.5. The number of benzene rings is 1. The molecule has 1 aromatic carbocycles. The van der Waals surface area contributed by atoms with Crippen molar-refractivity contribution < 1.29 is 0 Å². The molecule has 2 aromatic heterocycles. The second kappa shape index (κ2) is 4.23. The Labute approximate surface area is 114 Å². The van der Waals surface area contributed by atoms with Crippen molar-refractivity contribution in [3.63, 3.8) is 0 Å². The summed E-state index contributed by atoms with van der Waals surface area (Å²) in [5.41, 5.74) is 3.79. The van der Waals surface area contributed by atoms with E-state index in [9.17, 15) is 0 Å². The normalized spacial score (nSPS) is 11.0. The first-order valence-corrected chi connectivity index (χ1v) is 6.28. The lowest BCUT2D eigenvalue weighted by atomic mass is 10.2. The van der Waals surface area contributed by atoms with Crippen LogP contribution in [0.1, 0.15) is 5.56 Å². The zero-order valence-corrected chi connectivity index (χ0v) is 11.2. The summed E-state index contributed by atoms with van der Waals surface area (Å²) in [6, 6.07) is 9.57. The van der Waals surface area contributed by atoms with Crippen LogP contribution < -0.4 is 0 Å². The summed E-state index contributed by atoms with van der Waals surface area (Å²) in [6.07, 6.45) is 1.75. The third kappa shape index (κ3) is 1.74. The van der Waals surface area contributed by atoms with Crippen molar-refractivity contribution in [2.75, 3.05) is 0 Å². The maximum Gasteiger partial charge on any atom is 0.184 e. The highest BCUT2D eigenvalue weighted by molar-refractivity contribution is 7.71. The van der Waals surface area contributed by atoms with Crippen LogP contribution in [0.15, 0.2) is 36.5 Å². The topological polar surface area (TPSA) is 33.6 Å². The molecule has 0 aliphatic carbocycles. The van der Waals surface area contributed by atoms with Gasteiger partial charge in [0, 0.05) is 11.2 Å². The molecule has 1 N–H and O–H groups in total. The molecule has 0 radical (unpaired) electrons. The number of rotatable bonds is 1. The van der Waals surface area contributed by atoms with E-state index in [1.807, 2.05) is 41.8 Å². The Morgan fingerprint density at radius 1 is 1.33 bits per heavy atom. The number of pyridine rings is 1. The molecule has 0 spiro atoms. The summed E-state index contributed by atoms with van der Waals surface area (Å²) in [5.74, 6) is 0. The quantitative estimate of drug-likeness (QED) is 0.680. The van der Waals surface area contributed by atoms with Crippen LogP contribution in [0.25, 0.3) is 16.9 Å². The van der Waals surface area contributed by atoms with Crippen molar-refractivity contribution in [3.8, 4) is 5.69 Å². The summed E-state index contributed by atoms with van der Waals surface area (Å²) in [5, 5.41) is 0.683. The largest absolute Gasteiger partial charge is 0.329 e. The van der Waals surface area contributed by atoms with Crippen molar-refractivity contribution in [2.45, 2.75) is 6.92 Å². The van der Waals surface area contributed by atoms with Gasteiger partial charge >= 0.3 is 0 Å². The number of halogens is 1. The van der Waals surface area contributed by atoms with Gasteiger partial charge in [-0.25, -0.2) is 4.98 Å². The van der Waals surface area contributed by atoms with Gasteiger partial charge in [-0.15, -0.1) is 0 Å². The van der Waals surface area contributed by atoms with Crippen LogP contribution in [0.2, 0.25) is 5.02 Å². The van der Waals surface area contributed by atoms with Gasteiger partial charge in [-0.1, -0.05) is 17.7 Å². The van der Waals surface area contributed by atoms with Crippen LogP contribution in [0, 0.1) is 11.7 Å². The van der Waals surface area contributed by atoms with Gasteiger partial charge in [0.15, 0.2) is 10.4 Å². The Bertz CT molecular complexity index is 788. The smallest absolute Gasteiger partial charge is 0.184 e. The number of fused-ring (bicyclic) bond motifs is 1. The Morgan fingerprint density at radius 2 is 2.17 bits per heavy atom. The molecule has 0 atom stereocenters. The van der Waals surface area contributed by atoms with E-state index >= 15 is 0 Å². The molecule has 18 heavy (non-hydrogen) atoms. The average molecular weight is 276 g/mol. The second-order valence-corrected chi connectivity index (χ2v) is 4.89. The van der Waals surface area contributed by atoms with Crippen LogP contribution in [0.4, 0.5) is 0 Å². The first-order valence-electron chi connectivity index (χ1n) is 5.49. The van der Waals surface area contributed by atoms with Crippen molar-refractivity contribution in [1.82, 2.24) is 14.5 Å². The number of hydrogen-bond acceptors (Lipinski definition) is 2. The molecule has 90 valence electrons. The number of H-pyrrole nitrogens is 1. The summed E-state index contributed by atoms with van der Waals surface area (Å²) < 4.78 is 2.53. The Hall–Kier alpha value is -1.65. The van der Waals surface area contributed by atoms with Crippen molar-refractivity contribution in [1.29, 1.82) is 0 Å². The standard InChI is InChI=1S/C13H10ClN3S/c1-8-4-5-9(14)7-11(8)17-12-10(16-13(17)18)3-2-6-15-12/h2-7H,1H3,(H,16,18). The van der Waals surface area contributed by atoms with Crippen LogP contribution in [0.3, 0.4) is 0 Å². The van der Waals surface area contributed by atoms with E-state index in [4.69, 9.17) is 23.8 Å². The maximum absolute atomic E-state index is 6.06. The molecule has 0 aliphatic rings. The number of aryl methyl sites for hydroxylation is 1. The number of imidazole rings is 1. The van der Waals surface area contributed by atoms with Gasteiger partial charge in [-0.05, 0) is 49.0 Å². The zero-order chi connectivity index (χ0) is 12.7. The molecule has 3 rings (SSSR count). The molecular formula is C13H10ClN3S. The minimum absolute atomic E-state index is 0.620. The molecule has 0 saturated carbocycles. The van der Waals surface area contributed by atoms with Crippen LogP contribution >= 0.6 is 23.8 Å². The lowest BCUT2D eigenvalue weighted by Gasteiger charge is -2.08. The fraction of sp³-hybridized carbons (Fsp3) is 0.0769. The summed E-state index contributed by atoms with van der Waals surface area (Å²) in [6.45, 7) is 2.02. The van der Waals surface area contributed by atoms with Gasteiger partial charge in [0.05, 0.1) is 11.2 Å². The molecule has 0 fully saturated rings. The zero-order valence-electron chi connectivity index (χ0n) is 9.64. The Balaban J connectivity index is 2.41. The third-order valence-electron chi connectivity index (χ3n) is 2.86. The summed E-state index contributed by atoms with van der Waals surface area (Å²) >= 11 is 11.4. The van der Waals surface area contributed by atoms with Gasteiger partial charge in [0.1, 0.15) is 0 Å². The molecule has 0 amide bonds. The highest BCUT2D eigenvalue weighted by Gasteiger charge is 2.09. The molecule has 0 aliphatic heterocycles. The van der Waals surface area contributed by atoms with E-state index in [0.29, 0.717) is 9.79 Å². The minimum Gasteiger partial charge on any atom is -0.329 e. The molecule has 3 aromatic rings. The predicted octanol–water partition coefficient (Wildman–Crippen LogP) is 4.04. The number of aromatic amines is 1. The molecule has 5 heteroatoms. The molecule has 0 saturated heterocycles. The van der Waals surface area contributed by atoms with Crippen LogP contribution in [-0.4, -0.2) is 14.5 Å². The Kier molecular flexibility index (Phi) is 2.69. The fourth-order valence-electron chi connectivity index (χ4n) is 1.99. The van der Waals surface area contributed by atoms with Gasteiger partial charge < -0.3 is 4.98 Å². The monoisotopic (exact) mass is 275 g/mol. The lowest BCUT2D eigenvalue weighted by Crippen LogP contribution is -1.98. The lowest BCUT2D eigenvalue weighted by molar-refractivity contribution is 1.03. The summed E-state index contributed by atoms with van der Waals surface area (Å²) in [7, 11) is 0. The van der Waals surface area contributed by atoms with Crippen molar-refractivity contribution in [2.24, 2.45) is 0 Å². The minimum atomic E-state index is 0.620.